The van der Waals surface area contributed by atoms with Crippen molar-refractivity contribution in [3.05, 3.63) is 51.7 Å². The molecule has 2 saturated heterocycles. The minimum absolute atomic E-state index is 0.00727. The van der Waals surface area contributed by atoms with Crippen LogP contribution in [0.1, 0.15) is 36.5 Å². The number of aromatic amines is 1. The average molecular weight is 519 g/mol. The van der Waals surface area contributed by atoms with Crippen molar-refractivity contribution in [3.63, 3.8) is 0 Å². The van der Waals surface area contributed by atoms with Gasteiger partial charge in [0.05, 0.1) is 5.56 Å². The molecule has 1 amide bonds. The summed E-state index contributed by atoms with van der Waals surface area (Å²) in [6, 6.07) is 0.746. The number of halogens is 6. The van der Waals surface area contributed by atoms with Crippen LogP contribution in [0.2, 0.25) is 0 Å². The van der Waals surface area contributed by atoms with Crippen LogP contribution in [0.4, 0.5) is 37.1 Å². The van der Waals surface area contributed by atoms with Gasteiger partial charge in [-0.2, -0.15) is 26.3 Å². The predicted molar refractivity (Wildman–Crippen MR) is 114 cm³/mol. The number of carbonyl (C=O) groups is 1. The zero-order valence-electron chi connectivity index (χ0n) is 19.1. The van der Waals surface area contributed by atoms with Gasteiger partial charge in [-0.25, -0.2) is 14.8 Å². The first kappa shape index (κ1) is 25.8. The van der Waals surface area contributed by atoms with Crippen molar-refractivity contribution < 1.29 is 35.9 Å². The summed E-state index contributed by atoms with van der Waals surface area (Å²) in [7, 11) is 0. The van der Waals surface area contributed by atoms with Crippen LogP contribution in [-0.2, 0) is 23.5 Å². The van der Waals surface area contributed by atoms with E-state index in [1.54, 1.807) is 11.8 Å². The van der Waals surface area contributed by atoms with E-state index in [2.05, 4.69) is 15.0 Å². The Labute approximate surface area is 201 Å². The van der Waals surface area contributed by atoms with Gasteiger partial charge in [-0.15, -0.1) is 0 Å². The number of anilines is 1. The second-order valence-corrected chi connectivity index (χ2v) is 9.26. The molecule has 2 aromatic rings. The number of likely N-dealkylation sites (tertiary alicyclic amines) is 1. The van der Waals surface area contributed by atoms with Crippen LogP contribution in [0.25, 0.3) is 0 Å². The summed E-state index contributed by atoms with van der Waals surface area (Å²) in [6.45, 7) is 3.49. The lowest BCUT2D eigenvalue weighted by Gasteiger charge is -2.53. The lowest BCUT2D eigenvalue weighted by atomic mass is 9.72. The molecule has 0 unspecified atom stereocenters. The summed E-state index contributed by atoms with van der Waals surface area (Å²) < 4.78 is 82.2. The zero-order valence-corrected chi connectivity index (χ0v) is 19.1. The fourth-order valence-electron chi connectivity index (χ4n) is 4.50. The van der Waals surface area contributed by atoms with Crippen LogP contribution < -0.4 is 10.5 Å². The maximum Gasteiger partial charge on any atom is 0.421 e. The van der Waals surface area contributed by atoms with Crippen molar-refractivity contribution in [2.45, 2.75) is 44.6 Å². The quantitative estimate of drug-likeness (QED) is 0.617. The minimum atomic E-state index is -4.79. The molecular formula is C22H23F6N5O3. The molecule has 4 rings (SSSR count). The lowest BCUT2D eigenvalue weighted by Crippen LogP contribution is -2.62. The Bertz CT molecular complexity index is 1150. The van der Waals surface area contributed by atoms with Crippen molar-refractivity contribution in [2.75, 3.05) is 31.1 Å². The highest BCUT2D eigenvalue weighted by atomic mass is 19.4. The predicted octanol–water partition coefficient (Wildman–Crippen LogP) is 3.87. The van der Waals surface area contributed by atoms with Gasteiger partial charge in [0.2, 0.25) is 5.95 Å². The highest BCUT2D eigenvalue weighted by Crippen LogP contribution is 2.41. The Morgan fingerprint density at radius 2 is 1.72 bits per heavy atom. The van der Waals surface area contributed by atoms with E-state index >= 15 is 0 Å². The Morgan fingerprint density at radius 3 is 2.28 bits per heavy atom. The minimum Gasteiger partial charge on any atom is -0.446 e. The molecule has 0 aliphatic carbocycles. The van der Waals surface area contributed by atoms with E-state index in [1.807, 2.05) is 0 Å². The van der Waals surface area contributed by atoms with Crippen molar-refractivity contribution in [3.8, 4) is 0 Å². The van der Waals surface area contributed by atoms with Gasteiger partial charge in [0.1, 0.15) is 11.7 Å². The first-order valence-corrected chi connectivity index (χ1v) is 11.1. The Morgan fingerprint density at radius 1 is 1.11 bits per heavy atom. The molecule has 196 valence electrons. The van der Waals surface area contributed by atoms with Gasteiger partial charge < -0.3 is 19.5 Å². The summed E-state index contributed by atoms with van der Waals surface area (Å²) in [5.74, 6) is 0.221. The second kappa shape index (κ2) is 9.28. The van der Waals surface area contributed by atoms with E-state index in [4.69, 9.17) is 4.74 Å². The Kier molecular flexibility index (Phi) is 6.64. The molecule has 14 heteroatoms. The smallest absolute Gasteiger partial charge is 0.421 e. The Balaban J connectivity index is 1.25. The topological polar surface area (TPSA) is 91.4 Å². The molecule has 1 spiro atoms. The molecule has 0 bridgehead atoms. The van der Waals surface area contributed by atoms with Gasteiger partial charge in [-0.3, -0.25) is 4.79 Å². The van der Waals surface area contributed by atoms with Gasteiger partial charge >= 0.3 is 18.4 Å². The third-order valence-corrected chi connectivity index (χ3v) is 6.48. The van der Waals surface area contributed by atoms with E-state index < -0.39 is 41.2 Å². The number of piperidine rings is 1. The van der Waals surface area contributed by atoms with Crippen molar-refractivity contribution in [2.24, 2.45) is 5.41 Å². The number of aromatic nitrogens is 3. The monoisotopic (exact) mass is 519 g/mol. The number of hydrogen-bond acceptors (Lipinski definition) is 6. The van der Waals surface area contributed by atoms with Crippen LogP contribution in [-0.4, -0.2) is 58.2 Å². The molecule has 36 heavy (non-hydrogen) atoms. The maximum atomic E-state index is 12.9. The first-order valence-electron chi connectivity index (χ1n) is 11.1. The number of alkyl halides is 6. The summed E-state index contributed by atoms with van der Waals surface area (Å²) in [4.78, 5) is 36.9. The largest absolute Gasteiger partial charge is 0.446 e. The zero-order chi connectivity index (χ0) is 26.3. The summed E-state index contributed by atoms with van der Waals surface area (Å²) in [5, 5.41) is 0. The molecule has 1 atom stereocenters. The van der Waals surface area contributed by atoms with E-state index in [0.29, 0.717) is 39.0 Å². The number of carbonyl (C=O) groups excluding carboxylic acids is 1. The SMILES string of the molecule is C[C@@H](Cc1c[nH]c(=O)c(C(F)(F)F)c1)OC(=O)N1CC2(CCN(c3ncc(C(F)(F)F)cn3)CC2)C1. The van der Waals surface area contributed by atoms with Crippen LogP contribution in [0, 0.1) is 5.41 Å². The van der Waals surface area contributed by atoms with E-state index in [1.165, 1.54) is 4.90 Å². The molecule has 8 nitrogen and oxygen atoms in total. The van der Waals surface area contributed by atoms with Gasteiger partial charge in [-0.1, -0.05) is 0 Å². The van der Waals surface area contributed by atoms with Gasteiger partial charge in [0.15, 0.2) is 0 Å². The van der Waals surface area contributed by atoms with E-state index in [9.17, 15) is 35.9 Å². The summed E-state index contributed by atoms with van der Waals surface area (Å²) in [6.07, 6.45) is -6.55. The molecule has 1 N–H and O–H groups in total. The first-order chi connectivity index (χ1) is 16.8. The summed E-state index contributed by atoms with van der Waals surface area (Å²) >= 11 is 0. The normalized spacial score (nSPS) is 18.6. The number of amides is 1. The van der Waals surface area contributed by atoms with Crippen LogP contribution in [0.15, 0.2) is 29.5 Å². The molecule has 2 aromatic heterocycles. The molecular weight excluding hydrogens is 496 g/mol. The van der Waals surface area contributed by atoms with E-state index in [0.717, 1.165) is 24.7 Å². The number of nitrogens with one attached hydrogen (secondary N) is 1. The second-order valence-electron chi connectivity index (χ2n) is 9.26. The number of H-pyrrole nitrogens is 1. The fraction of sp³-hybridized carbons (Fsp3) is 0.545. The fourth-order valence-corrected chi connectivity index (χ4v) is 4.50. The molecule has 0 aromatic carbocycles. The number of hydrogen-bond donors (Lipinski definition) is 1. The number of pyridine rings is 1. The van der Waals surface area contributed by atoms with Crippen LogP contribution in [0.3, 0.4) is 0 Å². The van der Waals surface area contributed by atoms with Gasteiger partial charge in [0.25, 0.3) is 5.56 Å². The van der Waals surface area contributed by atoms with Gasteiger partial charge in [0, 0.05) is 56.6 Å². The van der Waals surface area contributed by atoms with Gasteiger partial charge in [-0.05, 0) is 31.4 Å². The summed E-state index contributed by atoms with van der Waals surface area (Å²) in [5.41, 5.74) is -3.41. The third kappa shape index (κ3) is 5.57. The van der Waals surface area contributed by atoms with Crippen molar-refractivity contribution in [1.29, 1.82) is 0 Å². The van der Waals surface area contributed by atoms with Crippen molar-refractivity contribution >= 4 is 12.0 Å². The number of ether oxygens (including phenoxy) is 1. The average Bonchev–Trinajstić information content (AvgIpc) is 2.77. The van der Waals surface area contributed by atoms with Crippen molar-refractivity contribution in [1.82, 2.24) is 19.9 Å². The molecule has 2 aliphatic rings. The molecule has 0 saturated carbocycles. The molecule has 0 radical (unpaired) electrons. The maximum absolute atomic E-state index is 12.9. The number of nitrogens with zero attached hydrogens (tertiary/aromatic N) is 4. The standard InChI is InChI=1S/C22H23F6N5O3/c1-13(6-14-7-16(22(26,27)28)17(34)29-8-14)36-19(35)33-11-20(12-33)2-4-32(5-3-20)18-30-9-15(10-31-18)21(23,24)25/h7-10,13H,2-6,11-12H2,1H3,(H,29,34)/t13-/m0/s1. The van der Waals surface area contributed by atoms with Crippen LogP contribution in [0.5, 0.6) is 0 Å². The molecule has 2 aliphatic heterocycles. The molecule has 4 heterocycles. The lowest BCUT2D eigenvalue weighted by molar-refractivity contribution is -0.139. The third-order valence-electron chi connectivity index (χ3n) is 6.48. The van der Waals surface area contributed by atoms with Crippen LogP contribution >= 0.6 is 0 Å². The molecule has 2 fully saturated rings. The highest BCUT2D eigenvalue weighted by molar-refractivity contribution is 5.69. The highest BCUT2D eigenvalue weighted by Gasteiger charge is 2.48. The number of rotatable bonds is 4. The van der Waals surface area contributed by atoms with E-state index in [-0.39, 0.29) is 23.3 Å². The Hall–Kier alpha value is -3.32.